The quantitative estimate of drug-likeness (QED) is 0.0452. The molecular formula is C50H57F4N7O8S2. The Hall–Kier alpha value is -6.05. The van der Waals surface area contributed by atoms with Gasteiger partial charge in [0, 0.05) is 51.1 Å². The second-order valence-electron chi connectivity index (χ2n) is 18.8. The second kappa shape index (κ2) is 23.0. The van der Waals surface area contributed by atoms with Crippen molar-refractivity contribution in [2.45, 2.75) is 104 Å². The van der Waals surface area contributed by atoms with Gasteiger partial charge in [0.15, 0.2) is 16.7 Å². The van der Waals surface area contributed by atoms with Crippen LogP contribution in [0.3, 0.4) is 0 Å². The van der Waals surface area contributed by atoms with Crippen LogP contribution in [0.15, 0.2) is 66.2 Å². The number of likely N-dealkylation sites (tertiary alicyclic amines) is 1. The fraction of sp³-hybridized carbons (Fsp3) is 0.460. The fourth-order valence-electron chi connectivity index (χ4n) is 8.21. The molecule has 6 rings (SSSR count). The number of rotatable bonds is 20. The van der Waals surface area contributed by atoms with Crippen LogP contribution in [-0.4, -0.2) is 107 Å². The number of unbranched alkanes of at least 4 members (excludes halogenated alkanes) is 1. The zero-order chi connectivity index (χ0) is 51.8. The first-order chi connectivity index (χ1) is 33.5. The number of aliphatic hydroxyl groups is 1. The zero-order valence-electron chi connectivity index (χ0n) is 40.2. The van der Waals surface area contributed by atoms with E-state index in [0.717, 1.165) is 38.7 Å². The van der Waals surface area contributed by atoms with E-state index in [0.29, 0.717) is 38.5 Å². The standard InChI is InChI=1S/C50H57F4N7O8S2/c1-30-42(71-29-57-30)32-12-10-31(11-13-32)26-56-44(64)39-24-36(62)27-59(39)45(65)43(48(2,3)4)58-41(63)28-68-20-9-19-67-18-7-8-21-69-40-17-16-35(23-38(40)51)61-47(70)60(46(66)49(61,5)6)34-15-14-33(25-55)37(22-34)50(52,53)54/h10-17,22-23,29,36,39,43,62H,7-9,18-21,24,26-28H2,1-6H3,(H,56,64)(H,58,63). The molecule has 21 heteroatoms. The molecule has 4 amide bonds. The van der Waals surface area contributed by atoms with Crippen molar-refractivity contribution in [2.75, 3.05) is 49.4 Å². The number of hydrogen-bond donors (Lipinski definition) is 3. The summed E-state index contributed by atoms with van der Waals surface area (Å²) >= 11 is 7.09. The number of ether oxygens (including phenoxy) is 3. The molecule has 0 saturated carbocycles. The van der Waals surface area contributed by atoms with Crippen molar-refractivity contribution in [3.8, 4) is 22.3 Å². The Morgan fingerprint density at radius 3 is 2.31 bits per heavy atom. The first-order valence-corrected chi connectivity index (χ1v) is 24.2. The molecule has 15 nitrogen and oxygen atoms in total. The van der Waals surface area contributed by atoms with Gasteiger partial charge in [0.1, 0.15) is 24.2 Å². The lowest BCUT2D eigenvalue weighted by Crippen LogP contribution is -2.58. The number of aromatic nitrogens is 1. The number of amides is 4. The van der Waals surface area contributed by atoms with Crippen molar-refractivity contribution in [3.05, 3.63) is 94.4 Å². The lowest BCUT2D eigenvalue weighted by Gasteiger charge is -2.35. The normalized spacial score (nSPS) is 17.4. The van der Waals surface area contributed by atoms with Crippen LogP contribution >= 0.6 is 23.6 Å². The van der Waals surface area contributed by atoms with Crippen molar-refractivity contribution in [3.63, 3.8) is 0 Å². The number of nitriles is 1. The summed E-state index contributed by atoms with van der Waals surface area (Å²) in [6.45, 7) is 11.3. The summed E-state index contributed by atoms with van der Waals surface area (Å²) in [6.07, 6.45) is -4.11. The van der Waals surface area contributed by atoms with Crippen LogP contribution < -0.4 is 25.2 Å². The first-order valence-electron chi connectivity index (χ1n) is 23.0. The van der Waals surface area contributed by atoms with Crippen LogP contribution in [0.4, 0.5) is 28.9 Å². The molecule has 3 atom stereocenters. The van der Waals surface area contributed by atoms with Crippen LogP contribution in [0, 0.1) is 29.5 Å². The summed E-state index contributed by atoms with van der Waals surface area (Å²) in [7, 11) is 0. The summed E-state index contributed by atoms with van der Waals surface area (Å²) in [4.78, 5) is 62.9. The number of aliphatic hydroxyl groups excluding tert-OH is 1. The summed E-state index contributed by atoms with van der Waals surface area (Å²) in [6, 6.07) is 14.2. The Morgan fingerprint density at radius 2 is 1.66 bits per heavy atom. The lowest BCUT2D eigenvalue weighted by molar-refractivity contribution is -0.144. The minimum atomic E-state index is -4.85. The summed E-state index contributed by atoms with van der Waals surface area (Å²) < 4.78 is 73.3. The maximum atomic E-state index is 15.3. The highest BCUT2D eigenvalue weighted by molar-refractivity contribution is 7.81. The van der Waals surface area contributed by atoms with Crippen LogP contribution in [-0.2, 0) is 41.4 Å². The molecule has 0 aliphatic carbocycles. The van der Waals surface area contributed by atoms with Crippen molar-refractivity contribution >= 4 is 63.7 Å². The van der Waals surface area contributed by atoms with Crippen LogP contribution in [0.25, 0.3) is 10.4 Å². The molecule has 2 saturated heterocycles. The SMILES string of the molecule is Cc1ncsc1-c1ccc(CNC(=O)C2CC(O)CN2C(=O)C(NC(=O)COCCCOCCCCOc2ccc(N3C(=S)N(c4ccc(C#N)c(C(F)(F)F)c4)C(=O)C3(C)C)cc2F)C(C)(C)C)cc1. The van der Waals surface area contributed by atoms with E-state index in [9.17, 15) is 42.7 Å². The number of thiazole rings is 1. The molecule has 3 heterocycles. The third kappa shape index (κ3) is 13.1. The van der Waals surface area contributed by atoms with Gasteiger partial charge in [0.25, 0.3) is 5.91 Å². The van der Waals surface area contributed by atoms with Gasteiger partial charge in [-0.25, -0.2) is 9.37 Å². The van der Waals surface area contributed by atoms with E-state index in [1.165, 1.54) is 47.9 Å². The second-order valence-corrected chi connectivity index (χ2v) is 20.0. The van der Waals surface area contributed by atoms with E-state index < -0.39 is 75.9 Å². The summed E-state index contributed by atoms with van der Waals surface area (Å²) in [5, 5.41) is 25.2. The summed E-state index contributed by atoms with van der Waals surface area (Å²) in [5.41, 5.74) is 0.670. The lowest BCUT2D eigenvalue weighted by atomic mass is 9.85. The van der Waals surface area contributed by atoms with Gasteiger partial charge in [-0.2, -0.15) is 18.4 Å². The van der Waals surface area contributed by atoms with Crippen LogP contribution in [0.1, 0.15) is 82.7 Å². The van der Waals surface area contributed by atoms with Gasteiger partial charge in [-0.15, -0.1) is 11.3 Å². The van der Waals surface area contributed by atoms with E-state index in [1.54, 1.807) is 37.6 Å². The molecule has 3 N–H and O–H groups in total. The molecule has 2 aliphatic heterocycles. The number of benzene rings is 3. The number of hydrogen-bond acceptors (Lipinski definition) is 12. The third-order valence-corrected chi connectivity index (χ3v) is 13.3. The zero-order valence-corrected chi connectivity index (χ0v) is 41.9. The highest BCUT2D eigenvalue weighted by atomic mass is 32.1. The topological polar surface area (TPSA) is 187 Å². The van der Waals surface area contributed by atoms with Crippen molar-refractivity contribution in [1.29, 1.82) is 5.26 Å². The van der Waals surface area contributed by atoms with Crippen molar-refractivity contribution in [2.24, 2.45) is 5.41 Å². The van der Waals surface area contributed by atoms with Crippen molar-refractivity contribution < 1.29 is 56.1 Å². The van der Waals surface area contributed by atoms with E-state index >= 15 is 4.39 Å². The monoisotopic (exact) mass is 1020 g/mol. The predicted octanol–water partition coefficient (Wildman–Crippen LogP) is 7.46. The Bertz CT molecular complexity index is 2630. The number of β-amino-alcohol motifs (C(OH)–C–C–N with tert-alkyl or cyclic N) is 1. The number of carbonyl (C=O) groups excluding carboxylic acids is 4. The number of nitrogens with zero attached hydrogens (tertiary/aromatic N) is 5. The molecule has 2 fully saturated rings. The van der Waals surface area contributed by atoms with E-state index in [2.05, 4.69) is 15.6 Å². The maximum absolute atomic E-state index is 15.3. The molecule has 1 aromatic heterocycles. The van der Waals surface area contributed by atoms with E-state index in [4.69, 9.17) is 26.4 Å². The van der Waals surface area contributed by atoms with Gasteiger partial charge in [-0.1, -0.05) is 45.0 Å². The number of thiocarbonyl (C=S) groups is 1. The van der Waals surface area contributed by atoms with Gasteiger partial charge < -0.3 is 39.8 Å². The number of alkyl halides is 3. The van der Waals surface area contributed by atoms with Gasteiger partial charge in [0.2, 0.25) is 17.7 Å². The maximum Gasteiger partial charge on any atom is 0.417 e. The number of aryl methyl sites for hydroxylation is 1. The molecule has 71 heavy (non-hydrogen) atoms. The number of carbonyl (C=O) groups is 4. The Kier molecular flexibility index (Phi) is 17.6. The number of nitrogens with one attached hydrogen (secondary N) is 2. The third-order valence-electron chi connectivity index (χ3n) is 12.0. The number of anilines is 2. The minimum absolute atomic E-state index is 0.0501. The fourth-order valence-corrected chi connectivity index (χ4v) is 9.54. The largest absolute Gasteiger partial charge is 0.491 e. The average molecular weight is 1020 g/mol. The first kappa shape index (κ1) is 54.3. The Labute approximate surface area is 419 Å². The molecule has 0 radical (unpaired) electrons. The average Bonchev–Trinajstić information content (AvgIpc) is 3.98. The molecule has 380 valence electrons. The van der Waals surface area contributed by atoms with E-state index in [-0.39, 0.29) is 61.6 Å². The minimum Gasteiger partial charge on any atom is -0.491 e. The molecule has 2 aliphatic rings. The number of halogens is 4. The molecule has 0 spiro atoms. The molecule has 3 unspecified atom stereocenters. The van der Waals surface area contributed by atoms with E-state index in [1.807, 2.05) is 31.2 Å². The van der Waals surface area contributed by atoms with Gasteiger partial charge in [-0.05, 0) is 99.1 Å². The highest BCUT2D eigenvalue weighted by Gasteiger charge is 2.51. The van der Waals surface area contributed by atoms with Gasteiger partial charge >= 0.3 is 6.18 Å². The molecule has 3 aromatic carbocycles. The van der Waals surface area contributed by atoms with Crippen molar-refractivity contribution in [1.82, 2.24) is 20.5 Å². The van der Waals surface area contributed by atoms with Gasteiger partial charge in [0.05, 0.1) is 51.7 Å². The van der Waals surface area contributed by atoms with Gasteiger partial charge in [-0.3, -0.25) is 24.1 Å². The predicted molar refractivity (Wildman–Crippen MR) is 262 cm³/mol. The highest BCUT2D eigenvalue weighted by Crippen LogP contribution is 2.40. The molecular weight excluding hydrogens is 967 g/mol. The molecule has 4 aromatic rings. The van der Waals surface area contributed by atoms with Crippen LogP contribution in [0.5, 0.6) is 5.75 Å². The summed E-state index contributed by atoms with van der Waals surface area (Å²) in [5.74, 6) is -2.84. The smallest absolute Gasteiger partial charge is 0.417 e. The molecule has 0 bridgehead atoms. The Balaban J connectivity index is 0.879. The Morgan fingerprint density at radius 1 is 0.986 bits per heavy atom. The van der Waals surface area contributed by atoms with Crippen LogP contribution in [0.2, 0.25) is 0 Å².